The van der Waals surface area contributed by atoms with Gasteiger partial charge in [0.25, 0.3) is 0 Å². The molecule has 0 amide bonds. The molecule has 3 N–H and O–H groups in total. The number of rotatable bonds is 4. The van der Waals surface area contributed by atoms with Crippen LogP contribution in [0.4, 0.5) is 4.39 Å². The molecule has 2 unspecified atom stereocenters. The van der Waals surface area contributed by atoms with Gasteiger partial charge < -0.3 is 0 Å². The molecule has 2 nitrogen and oxygen atoms in total. The minimum Gasteiger partial charge on any atom is -0.271 e. The van der Waals surface area contributed by atoms with E-state index in [1.54, 1.807) is 6.07 Å². The van der Waals surface area contributed by atoms with Crippen LogP contribution in [0.5, 0.6) is 0 Å². The number of hydrazine groups is 1. The molecular formula is C18H21FN2. The number of aryl methyl sites for hydroxylation is 1. The Kier molecular flexibility index (Phi) is 4.32. The zero-order valence-electron chi connectivity index (χ0n) is 12.1. The van der Waals surface area contributed by atoms with Crippen molar-refractivity contribution in [3.05, 3.63) is 71.0 Å². The average Bonchev–Trinajstić information content (AvgIpc) is 2.54. The fraction of sp³-hybridized carbons (Fsp3) is 0.333. The van der Waals surface area contributed by atoms with Gasteiger partial charge in [0.05, 0.1) is 0 Å². The zero-order valence-corrected chi connectivity index (χ0v) is 12.1. The summed E-state index contributed by atoms with van der Waals surface area (Å²) >= 11 is 0. The van der Waals surface area contributed by atoms with Gasteiger partial charge in [-0.15, -0.1) is 0 Å². The Morgan fingerprint density at radius 2 is 1.81 bits per heavy atom. The number of hydrogen-bond acceptors (Lipinski definition) is 2. The summed E-state index contributed by atoms with van der Waals surface area (Å²) in [5.74, 6) is 6.05. The second kappa shape index (κ2) is 6.37. The first kappa shape index (κ1) is 14.2. The van der Waals surface area contributed by atoms with Crippen LogP contribution in [0.3, 0.4) is 0 Å². The van der Waals surface area contributed by atoms with Crippen LogP contribution in [0, 0.1) is 11.7 Å². The first-order valence-corrected chi connectivity index (χ1v) is 7.54. The van der Waals surface area contributed by atoms with Gasteiger partial charge >= 0.3 is 0 Å². The van der Waals surface area contributed by atoms with Crippen LogP contribution in [-0.4, -0.2) is 6.04 Å². The van der Waals surface area contributed by atoms with Crippen molar-refractivity contribution in [3.8, 4) is 0 Å². The highest BCUT2D eigenvalue weighted by Crippen LogP contribution is 2.28. The molecule has 0 heterocycles. The third-order valence-electron chi connectivity index (χ3n) is 4.57. The summed E-state index contributed by atoms with van der Waals surface area (Å²) < 4.78 is 13.8. The van der Waals surface area contributed by atoms with E-state index in [1.165, 1.54) is 17.2 Å². The molecule has 3 rings (SSSR count). The van der Waals surface area contributed by atoms with Gasteiger partial charge in [-0.1, -0.05) is 42.5 Å². The number of nitrogens with two attached hydrogens (primary N) is 1. The van der Waals surface area contributed by atoms with Crippen molar-refractivity contribution in [1.82, 2.24) is 5.43 Å². The Bertz CT molecular complexity index is 612. The van der Waals surface area contributed by atoms with Crippen molar-refractivity contribution in [2.45, 2.75) is 31.7 Å². The summed E-state index contributed by atoms with van der Waals surface area (Å²) in [5, 5.41) is 0. The number of benzene rings is 2. The van der Waals surface area contributed by atoms with Crippen LogP contribution in [0.1, 0.15) is 23.1 Å². The predicted octanol–water partition coefficient (Wildman–Crippen LogP) is 3.01. The lowest BCUT2D eigenvalue weighted by Crippen LogP contribution is -2.44. The second-order valence-corrected chi connectivity index (χ2v) is 5.84. The SMILES string of the molecule is NNC(Cc1ccccc1F)C1CCc2ccccc2C1. The fourth-order valence-electron chi connectivity index (χ4n) is 3.33. The van der Waals surface area contributed by atoms with E-state index in [9.17, 15) is 4.39 Å². The van der Waals surface area contributed by atoms with Crippen LogP contribution < -0.4 is 11.3 Å². The number of hydrogen-bond donors (Lipinski definition) is 2. The Hall–Kier alpha value is -1.71. The van der Waals surface area contributed by atoms with E-state index in [1.807, 2.05) is 12.1 Å². The van der Waals surface area contributed by atoms with E-state index < -0.39 is 0 Å². The smallest absolute Gasteiger partial charge is 0.126 e. The maximum Gasteiger partial charge on any atom is 0.126 e. The molecule has 2 atom stereocenters. The maximum atomic E-state index is 13.8. The Labute approximate surface area is 125 Å². The Morgan fingerprint density at radius 3 is 2.57 bits per heavy atom. The van der Waals surface area contributed by atoms with E-state index in [0.717, 1.165) is 24.8 Å². The van der Waals surface area contributed by atoms with Crippen LogP contribution in [-0.2, 0) is 19.3 Å². The molecule has 0 aromatic heterocycles. The van der Waals surface area contributed by atoms with Gasteiger partial charge in [0.2, 0.25) is 0 Å². The Balaban J connectivity index is 1.74. The van der Waals surface area contributed by atoms with Gasteiger partial charge in [-0.25, -0.2) is 4.39 Å². The summed E-state index contributed by atoms with van der Waals surface area (Å²) in [7, 11) is 0. The highest BCUT2D eigenvalue weighted by atomic mass is 19.1. The lowest BCUT2D eigenvalue weighted by Gasteiger charge is -2.31. The van der Waals surface area contributed by atoms with Crippen molar-refractivity contribution in [2.75, 3.05) is 0 Å². The number of fused-ring (bicyclic) bond motifs is 1. The number of nitrogens with one attached hydrogen (secondary N) is 1. The van der Waals surface area contributed by atoms with E-state index in [-0.39, 0.29) is 11.9 Å². The van der Waals surface area contributed by atoms with Crippen molar-refractivity contribution >= 4 is 0 Å². The molecule has 0 spiro atoms. The summed E-state index contributed by atoms with van der Waals surface area (Å²) in [5.41, 5.74) is 6.49. The fourth-order valence-corrected chi connectivity index (χ4v) is 3.33. The van der Waals surface area contributed by atoms with E-state index >= 15 is 0 Å². The van der Waals surface area contributed by atoms with Gasteiger partial charge in [-0.3, -0.25) is 11.3 Å². The number of halogens is 1. The molecule has 0 aliphatic heterocycles. The molecule has 3 heteroatoms. The standard InChI is InChI=1S/C18H21FN2/c19-17-8-4-3-7-15(17)12-18(21-20)16-10-9-13-5-1-2-6-14(13)11-16/h1-8,16,18,21H,9-12,20H2. The minimum atomic E-state index is -0.144. The normalized spacial score (nSPS) is 19.0. The molecule has 0 fully saturated rings. The van der Waals surface area contributed by atoms with Crippen molar-refractivity contribution in [3.63, 3.8) is 0 Å². The highest BCUT2D eigenvalue weighted by Gasteiger charge is 2.26. The predicted molar refractivity (Wildman–Crippen MR) is 83.2 cm³/mol. The van der Waals surface area contributed by atoms with Crippen LogP contribution in [0.25, 0.3) is 0 Å². The largest absolute Gasteiger partial charge is 0.271 e. The van der Waals surface area contributed by atoms with Gasteiger partial charge in [-0.05, 0) is 54.4 Å². The van der Waals surface area contributed by atoms with E-state index in [0.29, 0.717) is 12.3 Å². The zero-order chi connectivity index (χ0) is 14.7. The van der Waals surface area contributed by atoms with Gasteiger partial charge in [-0.2, -0.15) is 0 Å². The van der Waals surface area contributed by atoms with Crippen LogP contribution in [0.15, 0.2) is 48.5 Å². The topological polar surface area (TPSA) is 38.0 Å². The van der Waals surface area contributed by atoms with E-state index in [2.05, 4.69) is 29.7 Å². The first-order valence-electron chi connectivity index (χ1n) is 7.54. The summed E-state index contributed by atoms with van der Waals surface area (Å²) in [6.45, 7) is 0. The molecule has 0 bridgehead atoms. The monoisotopic (exact) mass is 284 g/mol. The van der Waals surface area contributed by atoms with Crippen molar-refractivity contribution in [2.24, 2.45) is 11.8 Å². The van der Waals surface area contributed by atoms with Crippen molar-refractivity contribution in [1.29, 1.82) is 0 Å². The molecule has 21 heavy (non-hydrogen) atoms. The highest BCUT2D eigenvalue weighted by molar-refractivity contribution is 5.30. The summed E-state index contributed by atoms with van der Waals surface area (Å²) in [6.07, 6.45) is 3.83. The van der Waals surface area contributed by atoms with Gasteiger partial charge in [0, 0.05) is 6.04 Å². The molecule has 1 aliphatic carbocycles. The summed E-state index contributed by atoms with van der Waals surface area (Å²) in [6, 6.07) is 15.6. The third-order valence-corrected chi connectivity index (χ3v) is 4.57. The molecule has 1 aliphatic rings. The average molecular weight is 284 g/mol. The first-order chi connectivity index (χ1) is 10.3. The van der Waals surface area contributed by atoms with Crippen LogP contribution >= 0.6 is 0 Å². The molecule has 0 saturated carbocycles. The molecule has 0 radical (unpaired) electrons. The molecule has 110 valence electrons. The van der Waals surface area contributed by atoms with E-state index in [4.69, 9.17) is 5.84 Å². The lowest BCUT2D eigenvalue weighted by atomic mass is 9.78. The van der Waals surface area contributed by atoms with Gasteiger partial charge in [0.1, 0.15) is 5.82 Å². The summed E-state index contributed by atoms with van der Waals surface area (Å²) in [4.78, 5) is 0. The van der Waals surface area contributed by atoms with Crippen LogP contribution in [0.2, 0.25) is 0 Å². The molecule has 0 saturated heterocycles. The molecule has 2 aromatic rings. The van der Waals surface area contributed by atoms with Crippen molar-refractivity contribution < 1.29 is 4.39 Å². The molecule has 2 aromatic carbocycles. The quantitative estimate of drug-likeness (QED) is 0.669. The maximum absolute atomic E-state index is 13.8. The second-order valence-electron chi connectivity index (χ2n) is 5.84. The minimum absolute atomic E-state index is 0.107. The Morgan fingerprint density at radius 1 is 1.10 bits per heavy atom. The lowest BCUT2D eigenvalue weighted by molar-refractivity contribution is 0.318. The third kappa shape index (κ3) is 3.14. The molecular weight excluding hydrogens is 263 g/mol. The van der Waals surface area contributed by atoms with Gasteiger partial charge in [0.15, 0.2) is 0 Å².